The monoisotopic (exact) mass is 596 g/mol. The van der Waals surface area contributed by atoms with E-state index >= 15 is 0 Å². The van der Waals surface area contributed by atoms with E-state index in [1.807, 2.05) is 29.2 Å². The maximum Gasteiger partial charge on any atom is 0.154 e. The van der Waals surface area contributed by atoms with Crippen molar-refractivity contribution in [3.8, 4) is 27.2 Å². The minimum absolute atomic E-state index is 0.0323. The summed E-state index contributed by atoms with van der Waals surface area (Å²) in [4.78, 5) is 25.2. The average Bonchev–Trinajstić information content (AvgIpc) is 3.60. The van der Waals surface area contributed by atoms with Crippen LogP contribution in [0.1, 0.15) is 56.6 Å². The van der Waals surface area contributed by atoms with Gasteiger partial charge in [-0.15, -0.1) is 11.3 Å². The Hall–Kier alpha value is -3.23. The summed E-state index contributed by atoms with van der Waals surface area (Å²) in [6.07, 6.45) is 6.06. The van der Waals surface area contributed by atoms with Crippen LogP contribution in [0, 0.1) is 34.3 Å². The number of pyridine rings is 1. The van der Waals surface area contributed by atoms with Gasteiger partial charge in [-0.25, -0.2) is 27.2 Å². The third kappa shape index (κ3) is 5.77. The van der Waals surface area contributed by atoms with Gasteiger partial charge >= 0.3 is 0 Å². The molecule has 3 aromatic rings. The number of aromatic nitrogens is 2. The maximum absolute atomic E-state index is 14.8. The molecule has 2 atom stereocenters. The van der Waals surface area contributed by atoms with E-state index < -0.39 is 26.9 Å². The smallest absolute Gasteiger partial charge is 0.154 e. The summed E-state index contributed by atoms with van der Waals surface area (Å²) < 4.78 is 52.2. The number of ketones is 1. The normalized spacial score (nSPS) is 23.1. The standard InChI is InChI=1S/C30H30F2N4O3S2/c31-20-15-24(32)27(34-17-20)29-35-26(23-4-2-1-3-22(23)25(37)16-30(18-33)9-10-30)28(40-29)19-5-7-21(8-6-19)36-11-13-41(38,39)14-12-36/h5-8,15,17,22-23H,1-4,9-14,16H2/t22-,23-/m1/s1. The Bertz CT molecular complexity index is 1610. The molecule has 0 N–H and O–H groups in total. The highest BCUT2D eigenvalue weighted by Crippen LogP contribution is 2.51. The van der Waals surface area contributed by atoms with Gasteiger partial charge in [0, 0.05) is 43.1 Å². The molecule has 1 aromatic carbocycles. The lowest BCUT2D eigenvalue weighted by atomic mass is 9.73. The van der Waals surface area contributed by atoms with Gasteiger partial charge in [-0.05, 0) is 43.4 Å². The number of hydrogen-bond acceptors (Lipinski definition) is 8. The molecule has 1 saturated heterocycles. The van der Waals surface area contributed by atoms with Crippen LogP contribution in [-0.4, -0.2) is 48.8 Å². The summed E-state index contributed by atoms with van der Waals surface area (Å²) in [5, 5.41) is 9.91. The van der Waals surface area contributed by atoms with Gasteiger partial charge < -0.3 is 4.90 Å². The molecule has 0 amide bonds. The van der Waals surface area contributed by atoms with Gasteiger partial charge in [0.1, 0.15) is 22.3 Å². The lowest BCUT2D eigenvalue weighted by molar-refractivity contribution is -0.125. The first kappa shape index (κ1) is 27.9. The molecule has 0 spiro atoms. The van der Waals surface area contributed by atoms with Crippen molar-refractivity contribution >= 4 is 32.6 Å². The number of thiazole rings is 1. The second-order valence-corrected chi connectivity index (χ2v) is 14.7. The van der Waals surface area contributed by atoms with E-state index in [2.05, 4.69) is 11.1 Å². The summed E-state index contributed by atoms with van der Waals surface area (Å²) in [6, 6.07) is 10.9. The van der Waals surface area contributed by atoms with Crippen LogP contribution in [0.2, 0.25) is 0 Å². The second kappa shape index (κ2) is 10.9. The Balaban J connectivity index is 1.37. The number of Topliss-reactive ketones (excluding diaryl/α,β-unsaturated/α-hetero) is 1. The Morgan fingerprint density at radius 3 is 2.49 bits per heavy atom. The second-order valence-electron chi connectivity index (χ2n) is 11.4. The first-order chi connectivity index (χ1) is 19.7. The van der Waals surface area contributed by atoms with E-state index in [4.69, 9.17) is 4.98 Å². The minimum atomic E-state index is -3.00. The molecule has 2 aromatic heterocycles. The van der Waals surface area contributed by atoms with Crippen molar-refractivity contribution in [2.75, 3.05) is 29.5 Å². The molecule has 0 bridgehead atoms. The lowest BCUT2D eigenvalue weighted by Gasteiger charge is -2.31. The fourth-order valence-corrected chi connectivity index (χ4v) is 8.39. The zero-order chi connectivity index (χ0) is 28.8. The average molecular weight is 597 g/mol. The van der Waals surface area contributed by atoms with Crippen molar-refractivity contribution in [1.29, 1.82) is 5.26 Å². The summed E-state index contributed by atoms with van der Waals surface area (Å²) >= 11 is 1.27. The van der Waals surface area contributed by atoms with Crippen molar-refractivity contribution in [1.82, 2.24) is 9.97 Å². The number of nitrogens with zero attached hydrogens (tertiary/aromatic N) is 4. The van der Waals surface area contributed by atoms with Crippen LogP contribution < -0.4 is 4.90 Å². The number of anilines is 1. The van der Waals surface area contributed by atoms with E-state index in [9.17, 15) is 27.3 Å². The Morgan fingerprint density at radius 2 is 1.83 bits per heavy atom. The van der Waals surface area contributed by atoms with Crippen LogP contribution >= 0.6 is 11.3 Å². The number of nitriles is 1. The molecule has 0 unspecified atom stereocenters. The molecule has 0 radical (unpaired) electrons. The van der Waals surface area contributed by atoms with Gasteiger partial charge in [-0.2, -0.15) is 5.26 Å². The number of sulfone groups is 1. The van der Waals surface area contributed by atoms with E-state index in [1.54, 1.807) is 0 Å². The molecule has 214 valence electrons. The number of rotatable bonds is 7. The first-order valence-corrected chi connectivity index (χ1v) is 16.6. The molecule has 3 aliphatic rings. The Labute approximate surface area is 242 Å². The van der Waals surface area contributed by atoms with Crippen LogP contribution in [-0.2, 0) is 14.6 Å². The molecule has 2 saturated carbocycles. The molecule has 41 heavy (non-hydrogen) atoms. The molecule has 1 aliphatic heterocycles. The van der Waals surface area contributed by atoms with E-state index in [0.717, 1.165) is 66.9 Å². The zero-order valence-corrected chi connectivity index (χ0v) is 24.1. The fourth-order valence-electron chi connectivity index (χ4n) is 6.04. The molecule has 7 nitrogen and oxygen atoms in total. The van der Waals surface area contributed by atoms with Crippen LogP contribution in [0.5, 0.6) is 0 Å². The minimum Gasteiger partial charge on any atom is -0.369 e. The van der Waals surface area contributed by atoms with Crippen molar-refractivity contribution in [2.45, 2.75) is 50.9 Å². The highest BCUT2D eigenvalue weighted by Gasteiger charge is 2.47. The zero-order valence-electron chi connectivity index (χ0n) is 22.5. The van der Waals surface area contributed by atoms with Gasteiger partial charge in [0.05, 0.1) is 39.8 Å². The largest absolute Gasteiger partial charge is 0.369 e. The molecule has 6 rings (SSSR count). The molecule has 3 heterocycles. The van der Waals surface area contributed by atoms with Gasteiger partial charge in [-0.1, -0.05) is 25.0 Å². The van der Waals surface area contributed by atoms with Crippen molar-refractivity contribution in [2.24, 2.45) is 11.3 Å². The number of halogens is 2. The Morgan fingerprint density at radius 1 is 1.12 bits per heavy atom. The number of carbonyl (C=O) groups is 1. The third-order valence-electron chi connectivity index (χ3n) is 8.64. The summed E-state index contributed by atoms with van der Waals surface area (Å²) in [6.45, 7) is 0.867. The topological polar surface area (TPSA) is 104 Å². The van der Waals surface area contributed by atoms with Crippen LogP contribution in [0.25, 0.3) is 21.1 Å². The van der Waals surface area contributed by atoms with Gasteiger partial charge in [-0.3, -0.25) is 4.79 Å². The summed E-state index contributed by atoms with van der Waals surface area (Å²) in [7, 11) is -3.00. The van der Waals surface area contributed by atoms with Crippen molar-refractivity contribution in [3.63, 3.8) is 0 Å². The van der Waals surface area contributed by atoms with Gasteiger partial charge in [0.2, 0.25) is 0 Å². The predicted octanol–water partition coefficient (Wildman–Crippen LogP) is 5.92. The molecule has 2 aliphatic carbocycles. The first-order valence-electron chi connectivity index (χ1n) is 14.0. The van der Waals surface area contributed by atoms with Crippen molar-refractivity contribution < 1.29 is 22.0 Å². The molecule has 3 fully saturated rings. The molecular formula is C30H30F2N4O3S2. The summed E-state index contributed by atoms with van der Waals surface area (Å²) in [5.41, 5.74) is 1.92. The van der Waals surface area contributed by atoms with Gasteiger partial charge in [0.25, 0.3) is 0 Å². The highest BCUT2D eigenvalue weighted by atomic mass is 32.2. The molecule has 11 heteroatoms. The lowest BCUT2D eigenvalue weighted by Crippen LogP contribution is -2.40. The van der Waals surface area contributed by atoms with Crippen LogP contribution in [0.15, 0.2) is 36.5 Å². The fraction of sp³-hybridized carbons (Fsp3) is 0.467. The van der Waals surface area contributed by atoms with E-state index in [1.165, 1.54) is 11.3 Å². The Kier molecular flexibility index (Phi) is 7.41. The van der Waals surface area contributed by atoms with E-state index in [-0.39, 0.29) is 41.2 Å². The van der Waals surface area contributed by atoms with Gasteiger partial charge in [0.15, 0.2) is 15.7 Å². The third-order valence-corrected chi connectivity index (χ3v) is 11.4. The highest BCUT2D eigenvalue weighted by molar-refractivity contribution is 7.91. The van der Waals surface area contributed by atoms with E-state index in [0.29, 0.717) is 23.8 Å². The van der Waals surface area contributed by atoms with Crippen LogP contribution in [0.4, 0.5) is 14.5 Å². The molecular weight excluding hydrogens is 566 g/mol. The van der Waals surface area contributed by atoms with Crippen LogP contribution in [0.3, 0.4) is 0 Å². The maximum atomic E-state index is 14.8. The summed E-state index contributed by atoms with van der Waals surface area (Å²) in [5.74, 6) is -1.68. The van der Waals surface area contributed by atoms with Crippen molar-refractivity contribution in [3.05, 3.63) is 53.9 Å². The number of hydrogen-bond donors (Lipinski definition) is 0. The predicted molar refractivity (Wildman–Crippen MR) is 153 cm³/mol. The number of benzene rings is 1. The SMILES string of the molecule is N#CC1(CC(=O)[C@@H]2CCCC[C@H]2c2nc(-c3ncc(F)cc3F)sc2-c2ccc(N3CCS(=O)(=O)CC3)cc2)CC1. The quantitative estimate of drug-likeness (QED) is 0.333. The number of carbonyl (C=O) groups excluding carboxylic acids is 1.